The highest BCUT2D eigenvalue weighted by Gasteiger charge is 2.01. The van der Waals surface area contributed by atoms with Crippen molar-refractivity contribution >= 4 is 5.69 Å². The lowest BCUT2D eigenvalue weighted by Gasteiger charge is -2.11. The lowest BCUT2D eigenvalue weighted by molar-refractivity contribution is 0.164. The minimum atomic E-state index is -0.200. The third-order valence-corrected chi connectivity index (χ3v) is 1.77. The Morgan fingerprint density at radius 1 is 1.71 bits per heavy atom. The van der Waals surface area contributed by atoms with E-state index < -0.39 is 0 Å². The fourth-order valence-corrected chi connectivity index (χ4v) is 1.11. The number of hydrogen-bond donors (Lipinski definition) is 2. The average molecular weight is 197 g/mol. The first-order chi connectivity index (χ1) is 6.72. The third-order valence-electron chi connectivity index (χ3n) is 1.77. The summed E-state index contributed by atoms with van der Waals surface area (Å²) in [6.45, 7) is 3.53. The predicted molar refractivity (Wildman–Crippen MR) is 54.4 cm³/mol. The molecule has 0 saturated carbocycles. The second kappa shape index (κ2) is 5.39. The van der Waals surface area contributed by atoms with E-state index in [0.29, 0.717) is 12.5 Å². The van der Waals surface area contributed by atoms with E-state index in [-0.39, 0.29) is 5.56 Å². The fraction of sp³-hybridized carbons (Fsp3) is 0.556. The van der Waals surface area contributed by atoms with Gasteiger partial charge >= 0.3 is 0 Å². The van der Waals surface area contributed by atoms with Crippen molar-refractivity contribution in [2.24, 2.45) is 5.92 Å². The molecule has 1 atom stereocenters. The van der Waals surface area contributed by atoms with Crippen LogP contribution >= 0.6 is 0 Å². The van der Waals surface area contributed by atoms with Gasteiger partial charge in [-0.05, 0) is 5.92 Å². The molecular formula is C9H15N3O2. The zero-order valence-corrected chi connectivity index (χ0v) is 8.41. The highest BCUT2D eigenvalue weighted by Crippen LogP contribution is 2.01. The van der Waals surface area contributed by atoms with Gasteiger partial charge in [0.05, 0.1) is 18.5 Å². The van der Waals surface area contributed by atoms with Gasteiger partial charge in [-0.1, -0.05) is 6.92 Å². The summed E-state index contributed by atoms with van der Waals surface area (Å²) in [4.78, 5) is 10.9. The first-order valence-corrected chi connectivity index (χ1v) is 4.50. The van der Waals surface area contributed by atoms with E-state index in [0.717, 1.165) is 12.2 Å². The van der Waals surface area contributed by atoms with E-state index in [4.69, 9.17) is 4.74 Å². The smallest absolute Gasteiger partial charge is 0.266 e. The van der Waals surface area contributed by atoms with E-state index >= 15 is 0 Å². The van der Waals surface area contributed by atoms with Crippen LogP contribution in [0.3, 0.4) is 0 Å². The maximum Gasteiger partial charge on any atom is 0.266 e. The maximum atomic E-state index is 10.9. The van der Waals surface area contributed by atoms with Crippen LogP contribution in [0.2, 0.25) is 0 Å². The van der Waals surface area contributed by atoms with E-state index in [9.17, 15) is 4.79 Å². The lowest BCUT2D eigenvalue weighted by Crippen LogP contribution is -2.17. The van der Waals surface area contributed by atoms with Crippen LogP contribution in [0.4, 0.5) is 5.69 Å². The molecule has 5 heteroatoms. The summed E-state index contributed by atoms with van der Waals surface area (Å²) in [6.07, 6.45) is 1.58. The molecule has 14 heavy (non-hydrogen) atoms. The second-order valence-electron chi connectivity index (χ2n) is 3.28. The summed E-state index contributed by atoms with van der Waals surface area (Å²) in [5, 5.41) is 9.10. The Labute approximate surface area is 82.5 Å². The van der Waals surface area contributed by atoms with Crippen LogP contribution in [0.5, 0.6) is 0 Å². The minimum Gasteiger partial charge on any atom is -0.384 e. The van der Waals surface area contributed by atoms with Crippen molar-refractivity contribution in [1.82, 2.24) is 10.2 Å². The number of nitrogens with one attached hydrogen (secondary N) is 2. The van der Waals surface area contributed by atoms with Crippen molar-refractivity contribution in [3.05, 3.63) is 22.6 Å². The Kier molecular flexibility index (Phi) is 4.12. The molecule has 0 bridgehead atoms. The van der Waals surface area contributed by atoms with Crippen molar-refractivity contribution < 1.29 is 4.74 Å². The molecule has 78 valence electrons. The van der Waals surface area contributed by atoms with Crippen LogP contribution in [0, 0.1) is 5.92 Å². The molecule has 0 aliphatic carbocycles. The third kappa shape index (κ3) is 3.57. The van der Waals surface area contributed by atoms with Crippen molar-refractivity contribution in [1.29, 1.82) is 0 Å². The predicted octanol–water partition coefficient (Wildman–Crippen LogP) is 0.464. The monoisotopic (exact) mass is 197 g/mol. The Morgan fingerprint density at radius 2 is 2.50 bits per heavy atom. The average Bonchev–Trinajstić information content (AvgIpc) is 2.15. The molecule has 0 aliphatic rings. The van der Waals surface area contributed by atoms with Crippen LogP contribution in [-0.4, -0.2) is 30.5 Å². The van der Waals surface area contributed by atoms with E-state index in [1.54, 1.807) is 13.3 Å². The summed E-state index contributed by atoms with van der Waals surface area (Å²) in [5.74, 6) is 0.402. The molecule has 2 N–H and O–H groups in total. The van der Waals surface area contributed by atoms with Gasteiger partial charge < -0.3 is 10.1 Å². The summed E-state index contributed by atoms with van der Waals surface area (Å²) < 4.78 is 4.99. The van der Waals surface area contributed by atoms with Crippen LogP contribution in [0.1, 0.15) is 6.92 Å². The number of rotatable bonds is 5. The molecule has 0 fully saturated rings. The van der Waals surface area contributed by atoms with Gasteiger partial charge in [-0.25, -0.2) is 5.10 Å². The molecule has 0 aliphatic heterocycles. The van der Waals surface area contributed by atoms with E-state index in [1.807, 2.05) is 0 Å². The van der Waals surface area contributed by atoms with Crippen LogP contribution < -0.4 is 10.9 Å². The van der Waals surface area contributed by atoms with Crippen LogP contribution in [0.25, 0.3) is 0 Å². The number of ether oxygens (including phenoxy) is 1. The number of methoxy groups -OCH3 is 1. The summed E-state index contributed by atoms with van der Waals surface area (Å²) >= 11 is 0. The molecule has 0 spiro atoms. The van der Waals surface area contributed by atoms with Crippen molar-refractivity contribution in [2.45, 2.75) is 6.92 Å². The summed E-state index contributed by atoms with van der Waals surface area (Å²) in [7, 11) is 1.67. The Hall–Kier alpha value is -1.36. The number of anilines is 1. The quantitative estimate of drug-likeness (QED) is 0.719. The minimum absolute atomic E-state index is 0.200. The van der Waals surface area contributed by atoms with Gasteiger partial charge in [0.25, 0.3) is 5.56 Å². The molecule has 1 aromatic heterocycles. The molecular weight excluding hydrogens is 182 g/mol. The van der Waals surface area contributed by atoms with Gasteiger partial charge in [-0.3, -0.25) is 4.79 Å². The van der Waals surface area contributed by atoms with E-state index in [2.05, 4.69) is 22.4 Å². The molecule has 1 heterocycles. The van der Waals surface area contributed by atoms with Crippen molar-refractivity contribution in [3.63, 3.8) is 0 Å². The molecule has 0 saturated heterocycles. The van der Waals surface area contributed by atoms with Gasteiger partial charge in [-0.2, -0.15) is 5.10 Å². The Balaban J connectivity index is 2.41. The molecule has 1 unspecified atom stereocenters. The molecule has 0 aromatic carbocycles. The van der Waals surface area contributed by atoms with Gasteiger partial charge in [0.1, 0.15) is 0 Å². The SMILES string of the molecule is COCC(C)CNc1cn[nH]c(=O)c1. The summed E-state index contributed by atoms with van der Waals surface area (Å²) in [5.41, 5.74) is 0.533. The van der Waals surface area contributed by atoms with Crippen LogP contribution in [-0.2, 0) is 4.74 Å². The summed E-state index contributed by atoms with van der Waals surface area (Å²) in [6, 6.07) is 1.48. The number of hydrogen-bond acceptors (Lipinski definition) is 4. The lowest BCUT2D eigenvalue weighted by atomic mass is 10.2. The second-order valence-corrected chi connectivity index (χ2v) is 3.28. The maximum absolute atomic E-state index is 10.9. The normalized spacial score (nSPS) is 12.4. The van der Waals surface area contributed by atoms with E-state index in [1.165, 1.54) is 6.07 Å². The number of nitrogens with zero attached hydrogens (tertiary/aromatic N) is 1. The zero-order valence-electron chi connectivity index (χ0n) is 8.41. The van der Waals surface area contributed by atoms with Crippen LogP contribution in [0.15, 0.2) is 17.1 Å². The highest BCUT2D eigenvalue weighted by molar-refractivity contribution is 5.38. The van der Waals surface area contributed by atoms with Gasteiger partial charge in [0.2, 0.25) is 0 Å². The Bertz CT molecular complexity index is 324. The standard InChI is InChI=1S/C9H15N3O2/c1-7(6-14-2)4-10-8-3-9(13)12-11-5-8/h3,5,7H,4,6H2,1-2H3,(H2,10,12,13). The molecule has 5 nitrogen and oxygen atoms in total. The number of H-pyrrole nitrogens is 1. The largest absolute Gasteiger partial charge is 0.384 e. The van der Waals surface area contributed by atoms with Crippen molar-refractivity contribution in [2.75, 3.05) is 25.6 Å². The number of aromatic amines is 1. The van der Waals surface area contributed by atoms with Crippen molar-refractivity contribution in [3.8, 4) is 0 Å². The zero-order chi connectivity index (χ0) is 10.4. The topological polar surface area (TPSA) is 67.0 Å². The highest BCUT2D eigenvalue weighted by atomic mass is 16.5. The van der Waals surface area contributed by atoms with Gasteiger partial charge in [0.15, 0.2) is 0 Å². The van der Waals surface area contributed by atoms with Gasteiger partial charge in [-0.15, -0.1) is 0 Å². The number of aromatic nitrogens is 2. The first kappa shape index (κ1) is 10.7. The fourth-order valence-electron chi connectivity index (χ4n) is 1.11. The molecule has 1 aromatic rings. The Morgan fingerprint density at radius 3 is 3.14 bits per heavy atom. The molecule has 0 amide bonds. The molecule has 0 radical (unpaired) electrons. The first-order valence-electron chi connectivity index (χ1n) is 4.50. The van der Waals surface area contributed by atoms with Gasteiger partial charge in [0, 0.05) is 19.7 Å². The molecule has 1 rings (SSSR count).